The molecule has 24 heavy (non-hydrogen) atoms. The fourth-order valence-electron chi connectivity index (χ4n) is 2.82. The number of methoxy groups -OCH3 is 2. The molecule has 142 valence electrons. The van der Waals surface area contributed by atoms with E-state index in [9.17, 15) is 9.59 Å². The molecule has 0 saturated carbocycles. The molecule has 0 bridgehead atoms. The summed E-state index contributed by atoms with van der Waals surface area (Å²) in [6.07, 6.45) is 11.2. The average Bonchev–Trinajstić information content (AvgIpc) is 2.57. The van der Waals surface area contributed by atoms with Crippen molar-refractivity contribution in [3.8, 4) is 0 Å². The Morgan fingerprint density at radius 3 is 1.83 bits per heavy atom. The quantitative estimate of drug-likeness (QED) is 0.292. The summed E-state index contributed by atoms with van der Waals surface area (Å²) in [6, 6.07) is 0. The summed E-state index contributed by atoms with van der Waals surface area (Å²) < 4.78 is 10.1. The van der Waals surface area contributed by atoms with Crippen LogP contribution in [0.15, 0.2) is 0 Å². The van der Waals surface area contributed by atoms with Gasteiger partial charge in [0.15, 0.2) is 0 Å². The first-order chi connectivity index (χ1) is 11.4. The molecule has 5 nitrogen and oxygen atoms in total. The molecular formula is C19H37NO4. The van der Waals surface area contributed by atoms with Crippen LogP contribution in [0.25, 0.3) is 0 Å². The van der Waals surface area contributed by atoms with Crippen LogP contribution >= 0.6 is 0 Å². The average molecular weight is 344 g/mol. The van der Waals surface area contributed by atoms with Gasteiger partial charge in [-0.15, -0.1) is 0 Å². The number of hydrogen-bond donors (Lipinski definition) is 1. The molecule has 0 aromatic rings. The maximum atomic E-state index is 12.2. The first kappa shape index (κ1) is 22.9. The normalized spacial score (nSPS) is 13.6. The monoisotopic (exact) mass is 343 g/mol. The second-order valence-electron chi connectivity index (χ2n) is 6.71. The largest absolute Gasteiger partial charge is 0.465 e. The van der Waals surface area contributed by atoms with Gasteiger partial charge in [0.25, 0.3) is 0 Å². The highest BCUT2D eigenvalue weighted by atomic mass is 16.6. The van der Waals surface area contributed by atoms with Crippen molar-refractivity contribution in [3.63, 3.8) is 0 Å². The molecule has 0 aromatic carbocycles. The zero-order valence-electron chi connectivity index (χ0n) is 16.3. The van der Waals surface area contributed by atoms with E-state index in [0.29, 0.717) is 6.42 Å². The van der Waals surface area contributed by atoms with Crippen LogP contribution in [-0.4, -0.2) is 31.8 Å². The molecule has 0 rings (SSSR count). The van der Waals surface area contributed by atoms with Gasteiger partial charge in [0.1, 0.15) is 0 Å². The minimum Gasteiger partial charge on any atom is -0.465 e. The van der Waals surface area contributed by atoms with Crippen molar-refractivity contribution < 1.29 is 19.1 Å². The van der Waals surface area contributed by atoms with Gasteiger partial charge in [-0.2, -0.15) is 0 Å². The molecule has 0 aliphatic heterocycles. The fraction of sp³-hybridized carbons (Fsp3) is 0.895. The van der Waals surface area contributed by atoms with Crippen molar-refractivity contribution in [3.05, 3.63) is 0 Å². The SMILES string of the molecule is CCCCCCCCCCCC(=O)NC(OC)(C(=O)OC)C(C)C. The Balaban J connectivity index is 4.04. The maximum Gasteiger partial charge on any atom is 0.359 e. The Morgan fingerprint density at radius 1 is 0.917 bits per heavy atom. The highest BCUT2D eigenvalue weighted by molar-refractivity contribution is 5.87. The predicted molar refractivity (Wildman–Crippen MR) is 96.6 cm³/mol. The lowest BCUT2D eigenvalue weighted by Crippen LogP contribution is -2.60. The number of rotatable bonds is 14. The first-order valence-corrected chi connectivity index (χ1v) is 9.39. The van der Waals surface area contributed by atoms with Crippen molar-refractivity contribution >= 4 is 11.9 Å². The molecule has 1 amide bonds. The molecule has 0 aliphatic rings. The third kappa shape index (κ3) is 8.13. The zero-order chi connectivity index (χ0) is 18.4. The fourth-order valence-corrected chi connectivity index (χ4v) is 2.82. The van der Waals surface area contributed by atoms with Gasteiger partial charge in [0.2, 0.25) is 11.6 Å². The van der Waals surface area contributed by atoms with Crippen LogP contribution in [0.5, 0.6) is 0 Å². The predicted octanol–water partition coefficient (Wildman–Crippen LogP) is 4.20. The van der Waals surface area contributed by atoms with Crippen molar-refractivity contribution in [2.24, 2.45) is 5.92 Å². The van der Waals surface area contributed by atoms with Crippen LogP contribution in [0.3, 0.4) is 0 Å². The Labute approximate surface area is 147 Å². The van der Waals surface area contributed by atoms with E-state index in [-0.39, 0.29) is 11.8 Å². The van der Waals surface area contributed by atoms with Crippen LogP contribution in [0.1, 0.15) is 85.0 Å². The highest BCUT2D eigenvalue weighted by Crippen LogP contribution is 2.20. The third-order valence-electron chi connectivity index (χ3n) is 4.46. The topological polar surface area (TPSA) is 64.6 Å². The minimum absolute atomic E-state index is 0.168. The summed E-state index contributed by atoms with van der Waals surface area (Å²) in [5, 5.41) is 2.72. The summed E-state index contributed by atoms with van der Waals surface area (Å²) >= 11 is 0. The lowest BCUT2D eigenvalue weighted by molar-refractivity contribution is -0.180. The molecule has 0 radical (unpaired) electrons. The number of ether oxygens (including phenoxy) is 2. The Kier molecular flexibility index (Phi) is 12.6. The van der Waals surface area contributed by atoms with Crippen LogP contribution < -0.4 is 5.32 Å². The van der Waals surface area contributed by atoms with E-state index in [1.807, 2.05) is 13.8 Å². The zero-order valence-corrected chi connectivity index (χ0v) is 16.3. The molecule has 0 aliphatic carbocycles. The van der Waals surface area contributed by atoms with Gasteiger partial charge in [0, 0.05) is 19.4 Å². The summed E-state index contributed by atoms with van der Waals surface area (Å²) in [4.78, 5) is 24.2. The lowest BCUT2D eigenvalue weighted by atomic mass is 9.98. The van der Waals surface area contributed by atoms with Crippen LogP contribution in [0.2, 0.25) is 0 Å². The second kappa shape index (κ2) is 13.2. The van der Waals surface area contributed by atoms with Crippen LogP contribution in [0, 0.1) is 5.92 Å². The van der Waals surface area contributed by atoms with E-state index in [2.05, 4.69) is 12.2 Å². The van der Waals surface area contributed by atoms with Crippen LogP contribution in [0.4, 0.5) is 0 Å². The molecule has 1 atom stereocenters. The summed E-state index contributed by atoms with van der Waals surface area (Å²) in [5.74, 6) is -0.957. The molecule has 1 unspecified atom stereocenters. The van der Waals surface area contributed by atoms with E-state index in [4.69, 9.17) is 9.47 Å². The highest BCUT2D eigenvalue weighted by Gasteiger charge is 2.44. The number of amides is 1. The number of hydrogen-bond acceptors (Lipinski definition) is 4. The Hall–Kier alpha value is -1.10. The van der Waals surface area contributed by atoms with Gasteiger partial charge in [-0.3, -0.25) is 4.79 Å². The second-order valence-corrected chi connectivity index (χ2v) is 6.71. The molecule has 0 heterocycles. The first-order valence-electron chi connectivity index (χ1n) is 9.39. The molecule has 0 saturated heterocycles. The van der Waals surface area contributed by atoms with Gasteiger partial charge in [0.05, 0.1) is 7.11 Å². The van der Waals surface area contributed by atoms with E-state index >= 15 is 0 Å². The summed E-state index contributed by atoms with van der Waals surface area (Å²) in [7, 11) is 2.71. The molecule has 0 spiro atoms. The Morgan fingerprint density at radius 2 is 1.42 bits per heavy atom. The van der Waals surface area contributed by atoms with E-state index in [0.717, 1.165) is 19.3 Å². The number of esters is 1. The molecule has 1 N–H and O–H groups in total. The third-order valence-corrected chi connectivity index (χ3v) is 4.46. The molecule has 0 fully saturated rings. The summed E-state index contributed by atoms with van der Waals surface area (Å²) in [6.45, 7) is 5.86. The summed E-state index contributed by atoms with van der Waals surface area (Å²) in [5.41, 5.74) is -1.40. The number of carbonyl (C=O) groups is 2. The lowest BCUT2D eigenvalue weighted by Gasteiger charge is -2.33. The van der Waals surface area contributed by atoms with Crippen molar-refractivity contribution in [2.75, 3.05) is 14.2 Å². The standard InChI is InChI=1S/C19H37NO4/c1-6-7-8-9-10-11-12-13-14-15-17(21)20-19(24-5,16(2)3)18(22)23-4/h16H,6-15H2,1-5H3,(H,20,21). The number of nitrogens with one attached hydrogen (secondary N) is 1. The van der Waals surface area contributed by atoms with E-state index in [1.165, 1.54) is 52.7 Å². The minimum atomic E-state index is -1.40. The van der Waals surface area contributed by atoms with Gasteiger partial charge >= 0.3 is 5.97 Å². The van der Waals surface area contributed by atoms with Crippen molar-refractivity contribution in [1.29, 1.82) is 0 Å². The van der Waals surface area contributed by atoms with E-state index < -0.39 is 11.7 Å². The van der Waals surface area contributed by atoms with Gasteiger partial charge in [-0.05, 0) is 6.42 Å². The van der Waals surface area contributed by atoms with Gasteiger partial charge in [-0.25, -0.2) is 4.79 Å². The maximum absolute atomic E-state index is 12.2. The number of carbonyl (C=O) groups excluding carboxylic acids is 2. The van der Waals surface area contributed by atoms with Crippen molar-refractivity contribution in [2.45, 2.75) is 90.7 Å². The van der Waals surface area contributed by atoms with Gasteiger partial charge < -0.3 is 14.8 Å². The molecular weight excluding hydrogens is 306 g/mol. The number of unbranched alkanes of at least 4 members (excludes halogenated alkanes) is 8. The van der Waals surface area contributed by atoms with Crippen molar-refractivity contribution in [1.82, 2.24) is 5.32 Å². The van der Waals surface area contributed by atoms with Crippen LogP contribution in [-0.2, 0) is 19.1 Å². The van der Waals surface area contributed by atoms with Gasteiger partial charge in [-0.1, -0.05) is 72.1 Å². The smallest absolute Gasteiger partial charge is 0.359 e. The Bertz CT molecular complexity index is 357. The molecule has 0 aromatic heterocycles. The molecule has 5 heteroatoms. The van der Waals surface area contributed by atoms with E-state index in [1.54, 1.807) is 0 Å².